The predicted octanol–water partition coefficient (Wildman–Crippen LogP) is 2.40. The molecule has 0 aliphatic carbocycles. The van der Waals surface area contributed by atoms with Crippen LogP contribution in [0.1, 0.15) is 29.3 Å². The minimum atomic E-state index is -0.549. The summed E-state index contributed by atoms with van der Waals surface area (Å²) in [7, 11) is 0. The van der Waals surface area contributed by atoms with Gasteiger partial charge in [-0.25, -0.2) is 0 Å². The van der Waals surface area contributed by atoms with Crippen molar-refractivity contribution in [1.82, 2.24) is 0 Å². The van der Waals surface area contributed by atoms with Crippen LogP contribution >= 0.6 is 0 Å². The highest BCUT2D eigenvalue weighted by Gasteiger charge is 2.13. The summed E-state index contributed by atoms with van der Waals surface area (Å²) in [6, 6.07) is 4.26. The molecule has 1 aromatic rings. The third-order valence-electron chi connectivity index (χ3n) is 2.16. The summed E-state index contributed by atoms with van der Waals surface area (Å²) in [6.45, 7) is 1.35. The van der Waals surface area contributed by atoms with E-state index in [1.807, 2.05) is 0 Å². The van der Waals surface area contributed by atoms with Crippen molar-refractivity contribution in [2.24, 2.45) is 0 Å². The number of hydrogen-bond acceptors (Lipinski definition) is 4. The van der Waals surface area contributed by atoms with Crippen molar-refractivity contribution >= 4 is 23.8 Å². The van der Waals surface area contributed by atoms with Crippen molar-refractivity contribution in [3.8, 4) is 0 Å². The van der Waals surface area contributed by atoms with E-state index in [0.717, 1.165) is 0 Å². The number of rotatable bonds is 5. The van der Waals surface area contributed by atoms with Gasteiger partial charge < -0.3 is 4.79 Å². The third-order valence-corrected chi connectivity index (χ3v) is 2.16. The number of nitro benzene ring substituents is 1. The number of carbonyl (C=O) groups is 2. The minimum absolute atomic E-state index is 0.139. The summed E-state index contributed by atoms with van der Waals surface area (Å²) in [6.07, 6.45) is 3.93. The van der Waals surface area contributed by atoms with Gasteiger partial charge in [-0.1, -0.05) is 18.2 Å². The topological polar surface area (TPSA) is 77.3 Å². The first kappa shape index (κ1) is 12.8. The van der Waals surface area contributed by atoms with Crippen LogP contribution in [-0.2, 0) is 4.79 Å². The van der Waals surface area contributed by atoms with Crippen molar-refractivity contribution in [3.63, 3.8) is 0 Å². The number of aldehydes is 1. The van der Waals surface area contributed by atoms with Gasteiger partial charge in [0.1, 0.15) is 6.29 Å². The smallest absolute Gasteiger partial charge is 0.277 e. The van der Waals surface area contributed by atoms with Gasteiger partial charge in [-0.3, -0.25) is 14.9 Å². The maximum absolute atomic E-state index is 11.1. The number of carbonyl (C=O) groups excluding carboxylic acids is 2. The summed E-state index contributed by atoms with van der Waals surface area (Å²) < 4.78 is 0. The first-order valence-corrected chi connectivity index (χ1v) is 4.96. The molecule has 17 heavy (non-hydrogen) atoms. The second kappa shape index (κ2) is 5.69. The van der Waals surface area contributed by atoms with E-state index < -0.39 is 4.92 Å². The molecule has 0 amide bonds. The molecule has 0 saturated heterocycles. The number of benzene rings is 1. The molecule has 1 rings (SSSR count). The maximum atomic E-state index is 11.1. The molecular formula is C12H11NO4. The number of nitrogens with zero attached hydrogens (tertiary/aromatic N) is 1. The zero-order valence-electron chi connectivity index (χ0n) is 9.25. The van der Waals surface area contributed by atoms with Gasteiger partial charge in [0.15, 0.2) is 5.78 Å². The Morgan fingerprint density at radius 1 is 1.47 bits per heavy atom. The lowest BCUT2D eigenvalue weighted by Crippen LogP contribution is -1.97. The Bertz CT molecular complexity index is 491. The lowest BCUT2D eigenvalue weighted by Gasteiger charge is -2.00. The third kappa shape index (κ3) is 3.34. The van der Waals surface area contributed by atoms with Crippen LogP contribution < -0.4 is 0 Å². The van der Waals surface area contributed by atoms with Crippen LogP contribution in [0.3, 0.4) is 0 Å². The highest BCUT2D eigenvalue weighted by atomic mass is 16.6. The highest BCUT2D eigenvalue weighted by molar-refractivity contribution is 5.95. The summed E-state index contributed by atoms with van der Waals surface area (Å²) in [5, 5.41) is 10.8. The van der Waals surface area contributed by atoms with Crippen LogP contribution in [0.25, 0.3) is 6.08 Å². The van der Waals surface area contributed by atoms with Crippen LogP contribution in [-0.4, -0.2) is 17.0 Å². The van der Waals surface area contributed by atoms with E-state index in [1.54, 1.807) is 0 Å². The van der Waals surface area contributed by atoms with Gasteiger partial charge in [-0.15, -0.1) is 0 Å². The molecule has 0 aliphatic heterocycles. The monoisotopic (exact) mass is 233 g/mol. The number of Topliss-reactive ketones (excluding diaryl/α,β-unsaturated/α-hetero) is 1. The molecule has 88 valence electrons. The van der Waals surface area contributed by atoms with Crippen LogP contribution in [0.15, 0.2) is 24.3 Å². The second-order valence-corrected chi connectivity index (χ2v) is 3.39. The van der Waals surface area contributed by atoms with Crippen molar-refractivity contribution in [2.45, 2.75) is 13.3 Å². The predicted molar refractivity (Wildman–Crippen MR) is 62.8 cm³/mol. The Hall–Kier alpha value is -2.30. The molecule has 0 unspecified atom stereocenters. The van der Waals surface area contributed by atoms with E-state index in [-0.39, 0.29) is 17.9 Å². The maximum Gasteiger partial charge on any atom is 0.277 e. The van der Waals surface area contributed by atoms with Crippen LogP contribution in [0.5, 0.6) is 0 Å². The van der Waals surface area contributed by atoms with Gasteiger partial charge in [0.05, 0.1) is 10.5 Å². The lowest BCUT2D eigenvalue weighted by molar-refractivity contribution is -0.385. The fraction of sp³-hybridized carbons (Fsp3) is 0.167. The fourth-order valence-corrected chi connectivity index (χ4v) is 1.31. The van der Waals surface area contributed by atoms with Gasteiger partial charge in [-0.2, -0.15) is 0 Å². The Balaban J connectivity index is 3.17. The van der Waals surface area contributed by atoms with Gasteiger partial charge in [0, 0.05) is 18.1 Å². The molecule has 0 saturated carbocycles. The first-order valence-electron chi connectivity index (χ1n) is 4.96. The molecule has 0 fully saturated rings. The molecule has 0 aromatic heterocycles. The zero-order valence-corrected chi connectivity index (χ0v) is 9.25. The SMILES string of the molecule is CC(=O)c1ccc(C=CCC=O)c([N+](=O)[O-])c1. The first-order chi connectivity index (χ1) is 8.06. The van der Waals surface area contributed by atoms with Gasteiger partial charge >= 0.3 is 0 Å². The van der Waals surface area contributed by atoms with E-state index in [1.165, 1.54) is 37.3 Å². The van der Waals surface area contributed by atoms with Crippen LogP contribution in [0.4, 0.5) is 5.69 Å². The summed E-state index contributed by atoms with van der Waals surface area (Å²) in [5.41, 5.74) is 0.533. The van der Waals surface area contributed by atoms with Crippen LogP contribution in [0.2, 0.25) is 0 Å². The van der Waals surface area contributed by atoms with Gasteiger partial charge in [-0.05, 0) is 13.0 Å². The fourth-order valence-electron chi connectivity index (χ4n) is 1.31. The molecule has 0 radical (unpaired) electrons. The van der Waals surface area contributed by atoms with Crippen molar-refractivity contribution in [3.05, 3.63) is 45.5 Å². The van der Waals surface area contributed by atoms with Crippen LogP contribution in [0, 0.1) is 10.1 Å². The average molecular weight is 233 g/mol. The number of hydrogen-bond donors (Lipinski definition) is 0. The van der Waals surface area contributed by atoms with Gasteiger partial charge in [0.2, 0.25) is 0 Å². The number of nitro groups is 1. The quantitative estimate of drug-likeness (QED) is 0.338. The molecule has 0 spiro atoms. The lowest BCUT2D eigenvalue weighted by atomic mass is 10.1. The summed E-state index contributed by atoms with van der Waals surface area (Å²) in [4.78, 5) is 31.5. The Morgan fingerprint density at radius 2 is 2.18 bits per heavy atom. The molecule has 0 aliphatic rings. The van der Waals surface area contributed by atoms with E-state index in [4.69, 9.17) is 0 Å². The second-order valence-electron chi connectivity index (χ2n) is 3.39. The van der Waals surface area contributed by atoms with E-state index in [9.17, 15) is 19.7 Å². The van der Waals surface area contributed by atoms with Crippen molar-refractivity contribution < 1.29 is 14.5 Å². The minimum Gasteiger partial charge on any atom is -0.303 e. The molecule has 0 atom stereocenters. The molecule has 5 nitrogen and oxygen atoms in total. The number of allylic oxidation sites excluding steroid dienone is 1. The molecular weight excluding hydrogens is 222 g/mol. The summed E-state index contributed by atoms with van der Waals surface area (Å²) >= 11 is 0. The average Bonchev–Trinajstić information content (AvgIpc) is 2.29. The van der Waals surface area contributed by atoms with Gasteiger partial charge in [0.25, 0.3) is 5.69 Å². The summed E-state index contributed by atoms with van der Waals surface area (Å²) in [5.74, 6) is -0.225. The van der Waals surface area contributed by atoms with Crippen molar-refractivity contribution in [2.75, 3.05) is 0 Å². The molecule has 5 heteroatoms. The number of ketones is 1. The molecule has 1 aromatic carbocycles. The molecule has 0 N–H and O–H groups in total. The molecule has 0 heterocycles. The van der Waals surface area contributed by atoms with Crippen molar-refractivity contribution in [1.29, 1.82) is 0 Å². The largest absolute Gasteiger partial charge is 0.303 e. The standard InChI is InChI=1S/C12H11NO4/c1-9(15)11-6-5-10(4-2-3-7-14)12(8-11)13(16)17/h2,4-8H,3H2,1H3. The zero-order chi connectivity index (χ0) is 12.8. The Morgan fingerprint density at radius 3 is 2.71 bits per heavy atom. The van der Waals surface area contributed by atoms with E-state index in [0.29, 0.717) is 17.4 Å². The highest BCUT2D eigenvalue weighted by Crippen LogP contribution is 2.22. The normalized spacial score (nSPS) is 10.4. The Kier molecular flexibility index (Phi) is 4.28. The van der Waals surface area contributed by atoms with E-state index in [2.05, 4.69) is 0 Å². The Labute approximate surface area is 97.9 Å². The van der Waals surface area contributed by atoms with E-state index >= 15 is 0 Å². The molecule has 0 bridgehead atoms.